The maximum atomic E-state index is 9.19. The fraction of sp³-hybridized carbons (Fsp3) is 0.538. The fourth-order valence-corrected chi connectivity index (χ4v) is 1.65. The second-order valence-corrected chi connectivity index (χ2v) is 4.33. The molecule has 1 unspecified atom stereocenters. The highest BCUT2D eigenvalue weighted by molar-refractivity contribution is 5.36. The van der Waals surface area contributed by atoms with Crippen molar-refractivity contribution in [3.05, 3.63) is 34.4 Å². The van der Waals surface area contributed by atoms with Crippen LogP contribution in [0.1, 0.15) is 22.3 Å². The highest BCUT2D eigenvalue weighted by Crippen LogP contribution is 2.14. The van der Waals surface area contributed by atoms with Gasteiger partial charge in [-0.25, -0.2) is 0 Å². The molecule has 0 spiro atoms. The van der Waals surface area contributed by atoms with Gasteiger partial charge in [0.05, 0.1) is 12.7 Å². The summed E-state index contributed by atoms with van der Waals surface area (Å²) in [5.41, 5.74) is 5.09. The SMILES string of the molecule is Cc1cc(C)c(CNCC(O)CO)cc1C. The van der Waals surface area contributed by atoms with Crippen molar-refractivity contribution >= 4 is 0 Å². The lowest BCUT2D eigenvalue weighted by molar-refractivity contribution is 0.0942. The highest BCUT2D eigenvalue weighted by atomic mass is 16.3. The molecule has 0 saturated carbocycles. The van der Waals surface area contributed by atoms with Crippen molar-refractivity contribution in [2.75, 3.05) is 13.2 Å². The van der Waals surface area contributed by atoms with Crippen LogP contribution in [-0.2, 0) is 6.54 Å². The van der Waals surface area contributed by atoms with E-state index in [1.807, 2.05) is 0 Å². The molecule has 0 aliphatic rings. The maximum Gasteiger partial charge on any atom is 0.0895 e. The molecule has 90 valence electrons. The Morgan fingerprint density at radius 1 is 1.12 bits per heavy atom. The van der Waals surface area contributed by atoms with Crippen molar-refractivity contribution in [3.8, 4) is 0 Å². The molecule has 0 aliphatic heterocycles. The van der Waals surface area contributed by atoms with E-state index in [0.717, 1.165) is 6.54 Å². The Kier molecular flexibility index (Phi) is 4.93. The number of benzene rings is 1. The first-order valence-electron chi connectivity index (χ1n) is 5.61. The molecule has 0 amide bonds. The Bertz CT molecular complexity index is 350. The molecule has 3 heteroatoms. The summed E-state index contributed by atoms with van der Waals surface area (Å²) in [5.74, 6) is 0. The van der Waals surface area contributed by atoms with Crippen LogP contribution in [0.5, 0.6) is 0 Å². The minimum Gasteiger partial charge on any atom is -0.394 e. The van der Waals surface area contributed by atoms with E-state index in [9.17, 15) is 5.11 Å². The summed E-state index contributed by atoms with van der Waals surface area (Å²) < 4.78 is 0. The number of rotatable bonds is 5. The topological polar surface area (TPSA) is 52.5 Å². The summed E-state index contributed by atoms with van der Waals surface area (Å²) in [5, 5.41) is 21.0. The Hall–Kier alpha value is -0.900. The van der Waals surface area contributed by atoms with E-state index in [1.165, 1.54) is 22.3 Å². The number of hydrogen-bond acceptors (Lipinski definition) is 3. The van der Waals surface area contributed by atoms with Crippen LogP contribution in [0.4, 0.5) is 0 Å². The maximum absolute atomic E-state index is 9.19. The van der Waals surface area contributed by atoms with Gasteiger partial charge in [-0.2, -0.15) is 0 Å². The van der Waals surface area contributed by atoms with Gasteiger partial charge in [-0.05, 0) is 43.0 Å². The van der Waals surface area contributed by atoms with Gasteiger partial charge in [-0.3, -0.25) is 0 Å². The summed E-state index contributed by atoms with van der Waals surface area (Å²) in [6, 6.07) is 4.35. The van der Waals surface area contributed by atoms with Gasteiger partial charge in [-0.1, -0.05) is 12.1 Å². The molecule has 0 bridgehead atoms. The van der Waals surface area contributed by atoms with Crippen LogP contribution < -0.4 is 5.32 Å². The smallest absolute Gasteiger partial charge is 0.0895 e. The van der Waals surface area contributed by atoms with Crippen molar-refractivity contribution in [1.29, 1.82) is 0 Å². The lowest BCUT2D eigenvalue weighted by atomic mass is 10.0. The third-order valence-corrected chi connectivity index (χ3v) is 2.86. The minimum absolute atomic E-state index is 0.196. The van der Waals surface area contributed by atoms with Crippen LogP contribution >= 0.6 is 0 Å². The van der Waals surface area contributed by atoms with E-state index < -0.39 is 6.10 Å². The second kappa shape index (κ2) is 5.99. The molecule has 0 heterocycles. The van der Waals surface area contributed by atoms with Crippen molar-refractivity contribution in [2.45, 2.75) is 33.4 Å². The molecule has 0 aliphatic carbocycles. The summed E-state index contributed by atoms with van der Waals surface area (Å²) in [7, 11) is 0. The van der Waals surface area contributed by atoms with E-state index >= 15 is 0 Å². The van der Waals surface area contributed by atoms with E-state index in [2.05, 4.69) is 38.2 Å². The Morgan fingerprint density at radius 3 is 2.38 bits per heavy atom. The van der Waals surface area contributed by atoms with E-state index in [1.54, 1.807) is 0 Å². The molecule has 3 nitrogen and oxygen atoms in total. The predicted molar refractivity (Wildman–Crippen MR) is 65.5 cm³/mol. The first-order chi connectivity index (χ1) is 7.54. The fourth-order valence-electron chi connectivity index (χ4n) is 1.65. The normalized spacial score (nSPS) is 12.8. The monoisotopic (exact) mass is 223 g/mol. The largest absolute Gasteiger partial charge is 0.394 e. The Balaban J connectivity index is 2.57. The zero-order valence-corrected chi connectivity index (χ0v) is 10.2. The number of nitrogens with one attached hydrogen (secondary N) is 1. The average Bonchev–Trinajstić information content (AvgIpc) is 2.25. The zero-order valence-electron chi connectivity index (χ0n) is 10.2. The van der Waals surface area contributed by atoms with Crippen molar-refractivity contribution in [3.63, 3.8) is 0 Å². The van der Waals surface area contributed by atoms with E-state index in [0.29, 0.717) is 6.54 Å². The third kappa shape index (κ3) is 3.59. The standard InChI is InChI=1S/C13H21NO2/c1-9-4-11(3)12(5-10(9)2)6-14-7-13(16)8-15/h4-5,13-16H,6-8H2,1-3H3. The molecule has 16 heavy (non-hydrogen) atoms. The van der Waals surface area contributed by atoms with Crippen LogP contribution in [0.15, 0.2) is 12.1 Å². The molecule has 0 saturated heterocycles. The van der Waals surface area contributed by atoms with Gasteiger partial charge in [0.1, 0.15) is 0 Å². The van der Waals surface area contributed by atoms with Gasteiger partial charge in [0.15, 0.2) is 0 Å². The predicted octanol–water partition coefficient (Wildman–Crippen LogP) is 1.05. The molecule has 1 aromatic rings. The van der Waals surface area contributed by atoms with Crippen molar-refractivity contribution in [1.82, 2.24) is 5.32 Å². The molecule has 3 N–H and O–H groups in total. The lowest BCUT2D eigenvalue weighted by Gasteiger charge is -2.12. The summed E-state index contributed by atoms with van der Waals surface area (Å²) >= 11 is 0. The second-order valence-electron chi connectivity index (χ2n) is 4.33. The van der Waals surface area contributed by atoms with Crippen molar-refractivity contribution < 1.29 is 10.2 Å². The minimum atomic E-state index is -0.674. The Labute approximate surface area is 97.1 Å². The van der Waals surface area contributed by atoms with E-state index in [4.69, 9.17) is 5.11 Å². The molecule has 1 atom stereocenters. The molecule has 0 aromatic heterocycles. The van der Waals surface area contributed by atoms with Gasteiger partial charge in [0, 0.05) is 13.1 Å². The van der Waals surface area contributed by atoms with Gasteiger partial charge in [-0.15, -0.1) is 0 Å². The number of hydrogen-bond donors (Lipinski definition) is 3. The summed E-state index contributed by atoms with van der Waals surface area (Å²) in [6.45, 7) is 7.24. The molecular weight excluding hydrogens is 202 g/mol. The van der Waals surface area contributed by atoms with Crippen LogP contribution in [-0.4, -0.2) is 29.5 Å². The molecular formula is C13H21NO2. The first kappa shape index (κ1) is 13.2. The number of aryl methyl sites for hydroxylation is 3. The van der Waals surface area contributed by atoms with Crippen LogP contribution in [0, 0.1) is 20.8 Å². The summed E-state index contributed by atoms with van der Waals surface area (Å²) in [6.07, 6.45) is -0.674. The van der Waals surface area contributed by atoms with Gasteiger partial charge in [0.2, 0.25) is 0 Å². The number of aliphatic hydroxyl groups is 2. The molecule has 0 fully saturated rings. The average molecular weight is 223 g/mol. The van der Waals surface area contributed by atoms with Crippen LogP contribution in [0.25, 0.3) is 0 Å². The molecule has 1 aromatic carbocycles. The summed E-state index contributed by atoms with van der Waals surface area (Å²) in [4.78, 5) is 0. The molecule has 0 radical (unpaired) electrons. The van der Waals surface area contributed by atoms with Crippen LogP contribution in [0.3, 0.4) is 0 Å². The quantitative estimate of drug-likeness (QED) is 0.699. The van der Waals surface area contributed by atoms with Gasteiger partial charge >= 0.3 is 0 Å². The van der Waals surface area contributed by atoms with E-state index in [-0.39, 0.29) is 6.61 Å². The zero-order chi connectivity index (χ0) is 12.1. The van der Waals surface area contributed by atoms with Gasteiger partial charge < -0.3 is 15.5 Å². The van der Waals surface area contributed by atoms with Crippen LogP contribution in [0.2, 0.25) is 0 Å². The van der Waals surface area contributed by atoms with Crippen molar-refractivity contribution in [2.24, 2.45) is 0 Å². The highest BCUT2D eigenvalue weighted by Gasteiger charge is 2.04. The molecule has 1 rings (SSSR count). The lowest BCUT2D eigenvalue weighted by Crippen LogP contribution is -2.29. The Morgan fingerprint density at radius 2 is 1.75 bits per heavy atom. The number of aliphatic hydroxyl groups excluding tert-OH is 2. The third-order valence-electron chi connectivity index (χ3n) is 2.86. The van der Waals surface area contributed by atoms with Gasteiger partial charge in [0.25, 0.3) is 0 Å². The first-order valence-corrected chi connectivity index (χ1v) is 5.61.